The molecule has 9 heteroatoms. The number of likely N-dealkylation sites (N-methyl/N-ethyl adjacent to an activating group) is 1. The van der Waals surface area contributed by atoms with Crippen molar-refractivity contribution in [1.29, 1.82) is 0 Å². The molecule has 0 radical (unpaired) electrons. The third-order valence-corrected chi connectivity index (χ3v) is 3.68. The lowest BCUT2D eigenvalue weighted by Gasteiger charge is -2.20. The molecule has 1 unspecified atom stereocenters. The second-order valence-corrected chi connectivity index (χ2v) is 5.96. The monoisotopic (exact) mass is 365 g/mol. The van der Waals surface area contributed by atoms with Crippen LogP contribution >= 0.6 is 0 Å². The Bertz CT molecular complexity index is 656. The van der Waals surface area contributed by atoms with Crippen LogP contribution in [-0.4, -0.2) is 72.8 Å². The van der Waals surface area contributed by atoms with Gasteiger partial charge in [-0.1, -0.05) is 5.16 Å². The van der Waals surface area contributed by atoms with Crippen LogP contribution in [-0.2, 0) is 19.1 Å². The maximum absolute atomic E-state index is 11.6. The number of aromatic nitrogens is 1. The van der Waals surface area contributed by atoms with Crippen molar-refractivity contribution in [2.75, 3.05) is 33.9 Å². The van der Waals surface area contributed by atoms with Crippen LogP contribution in [0, 0.1) is 0 Å². The third kappa shape index (κ3) is 6.08. The molecule has 1 saturated heterocycles. The number of rotatable bonds is 8. The molecule has 0 spiro atoms. The van der Waals surface area contributed by atoms with E-state index < -0.39 is 12.3 Å². The number of pyridine rings is 1. The Kier molecular flexibility index (Phi) is 7.49. The highest BCUT2D eigenvalue weighted by molar-refractivity contribution is 6.01. The summed E-state index contributed by atoms with van der Waals surface area (Å²) in [6.45, 7) is 0.420. The minimum absolute atomic E-state index is 0.0532. The Morgan fingerprint density at radius 3 is 2.85 bits per heavy atom. The molecule has 1 aliphatic heterocycles. The van der Waals surface area contributed by atoms with Crippen molar-refractivity contribution in [3.8, 4) is 0 Å². The Labute approximate surface area is 151 Å². The van der Waals surface area contributed by atoms with Gasteiger partial charge < -0.3 is 24.3 Å². The zero-order valence-corrected chi connectivity index (χ0v) is 14.9. The van der Waals surface area contributed by atoms with Gasteiger partial charge in [0.05, 0.1) is 24.5 Å². The highest BCUT2D eigenvalue weighted by atomic mass is 16.8. The van der Waals surface area contributed by atoms with Crippen molar-refractivity contribution < 1.29 is 29.0 Å². The van der Waals surface area contributed by atoms with Crippen LogP contribution < -0.4 is 0 Å². The Balaban J connectivity index is 2.10. The molecule has 1 amide bonds. The average Bonchev–Trinajstić information content (AvgIpc) is 2.65. The van der Waals surface area contributed by atoms with E-state index in [1.54, 1.807) is 14.1 Å². The van der Waals surface area contributed by atoms with E-state index in [-0.39, 0.29) is 30.4 Å². The fourth-order valence-corrected chi connectivity index (χ4v) is 2.15. The number of oxime groups is 1. The number of hydrogen-bond acceptors (Lipinski definition) is 7. The van der Waals surface area contributed by atoms with Crippen molar-refractivity contribution in [3.63, 3.8) is 0 Å². The zero-order chi connectivity index (χ0) is 18.9. The second kappa shape index (κ2) is 9.83. The summed E-state index contributed by atoms with van der Waals surface area (Å²) in [6, 6.07) is 2.76. The predicted molar refractivity (Wildman–Crippen MR) is 91.9 cm³/mol. The van der Waals surface area contributed by atoms with Gasteiger partial charge in [-0.05, 0) is 25.0 Å². The smallest absolute Gasteiger partial charge is 0.335 e. The number of carboxylic acid groups (broad SMARTS) is 1. The summed E-state index contributed by atoms with van der Waals surface area (Å²) in [5.74, 6) is -1.28. The molecule has 0 bridgehead atoms. The quantitative estimate of drug-likeness (QED) is 0.543. The van der Waals surface area contributed by atoms with E-state index in [2.05, 4.69) is 10.1 Å². The molecular weight excluding hydrogens is 342 g/mol. The molecule has 26 heavy (non-hydrogen) atoms. The first kappa shape index (κ1) is 19.8. The fourth-order valence-electron chi connectivity index (χ4n) is 2.15. The van der Waals surface area contributed by atoms with Crippen molar-refractivity contribution >= 4 is 17.6 Å². The Hall–Kier alpha value is -2.52. The summed E-state index contributed by atoms with van der Waals surface area (Å²) in [5.41, 5.74) is 0.660. The van der Waals surface area contributed by atoms with Gasteiger partial charge in [-0.3, -0.25) is 9.78 Å². The lowest BCUT2D eigenvalue weighted by Crippen LogP contribution is -2.28. The van der Waals surface area contributed by atoms with Gasteiger partial charge in [0.15, 0.2) is 0 Å². The maximum Gasteiger partial charge on any atom is 0.335 e. The van der Waals surface area contributed by atoms with Gasteiger partial charge in [0.1, 0.15) is 12.3 Å². The number of carbonyl (C=O) groups is 2. The van der Waals surface area contributed by atoms with Crippen molar-refractivity contribution in [3.05, 3.63) is 29.6 Å². The molecule has 0 saturated carbocycles. The normalized spacial score (nSPS) is 17.6. The summed E-state index contributed by atoms with van der Waals surface area (Å²) < 4.78 is 10.8. The summed E-state index contributed by atoms with van der Waals surface area (Å²) in [4.78, 5) is 33.7. The molecule has 142 valence electrons. The van der Waals surface area contributed by atoms with Gasteiger partial charge in [0.2, 0.25) is 12.2 Å². The largest absolute Gasteiger partial charge is 0.478 e. The van der Waals surface area contributed by atoms with Crippen LogP contribution in [0.25, 0.3) is 0 Å². The van der Waals surface area contributed by atoms with Crippen LogP contribution in [0.15, 0.2) is 23.5 Å². The average molecular weight is 365 g/mol. The van der Waals surface area contributed by atoms with Crippen molar-refractivity contribution in [1.82, 2.24) is 9.88 Å². The van der Waals surface area contributed by atoms with Gasteiger partial charge in [-0.15, -0.1) is 0 Å². The molecule has 1 fully saturated rings. The minimum Gasteiger partial charge on any atom is -0.478 e. The van der Waals surface area contributed by atoms with Crippen LogP contribution in [0.3, 0.4) is 0 Å². The molecule has 1 N–H and O–H groups in total. The summed E-state index contributed by atoms with van der Waals surface area (Å²) in [7, 11) is 3.25. The predicted octanol–water partition coefficient (Wildman–Crippen LogP) is 1.13. The number of carboxylic acids is 1. The number of carbonyl (C=O) groups excluding carboxylic acids is 1. The topological polar surface area (TPSA) is 111 Å². The van der Waals surface area contributed by atoms with Gasteiger partial charge in [0, 0.05) is 26.7 Å². The number of amides is 1. The summed E-state index contributed by atoms with van der Waals surface area (Å²) in [6.07, 6.45) is 3.60. The molecular formula is C17H23N3O6. The molecule has 1 aromatic heterocycles. The van der Waals surface area contributed by atoms with Gasteiger partial charge in [-0.2, -0.15) is 0 Å². The Morgan fingerprint density at radius 1 is 1.38 bits per heavy atom. The molecule has 9 nitrogen and oxygen atoms in total. The molecule has 1 aromatic rings. The number of hydrogen-bond donors (Lipinski definition) is 1. The molecule has 0 aromatic carbocycles. The Morgan fingerprint density at radius 2 is 2.19 bits per heavy atom. The first-order valence-corrected chi connectivity index (χ1v) is 8.29. The van der Waals surface area contributed by atoms with E-state index in [0.29, 0.717) is 12.3 Å². The number of nitrogens with zero attached hydrogens (tertiary/aromatic N) is 3. The number of aromatic carboxylic acids is 1. The van der Waals surface area contributed by atoms with Crippen LogP contribution in [0.5, 0.6) is 0 Å². The maximum atomic E-state index is 11.6. The first-order valence-electron chi connectivity index (χ1n) is 8.29. The lowest BCUT2D eigenvalue weighted by molar-refractivity contribution is -0.162. The minimum atomic E-state index is -1.08. The highest BCUT2D eigenvalue weighted by Gasteiger charge is 2.17. The van der Waals surface area contributed by atoms with E-state index in [0.717, 1.165) is 19.3 Å². The molecule has 2 heterocycles. The molecule has 2 rings (SSSR count). The van der Waals surface area contributed by atoms with Crippen LogP contribution in [0.2, 0.25) is 0 Å². The van der Waals surface area contributed by atoms with E-state index in [1.165, 1.54) is 23.2 Å². The van der Waals surface area contributed by atoms with Crippen LogP contribution in [0.1, 0.15) is 35.3 Å². The standard InChI is InChI=1S/C17H23N3O6/c1-20(2)15(21)11-24-10-14(19-26-16-5-3-4-8-25-16)13-9-12(17(22)23)6-7-18-13/h6-7,9,16H,3-5,8,10-11H2,1-2H3,(H,22,23)/b19-14+. The first-order chi connectivity index (χ1) is 12.5. The van der Waals surface area contributed by atoms with E-state index >= 15 is 0 Å². The lowest BCUT2D eigenvalue weighted by atomic mass is 10.2. The SMILES string of the molecule is CN(C)C(=O)COC/C(=N\OC1CCCCO1)c1cc(C(=O)O)ccn1. The zero-order valence-electron chi connectivity index (χ0n) is 14.9. The summed E-state index contributed by atoms with van der Waals surface area (Å²) in [5, 5.41) is 13.2. The molecule has 1 aliphatic rings. The van der Waals surface area contributed by atoms with E-state index in [4.69, 9.17) is 19.4 Å². The molecule has 1 atom stereocenters. The van der Waals surface area contributed by atoms with E-state index in [1.807, 2.05) is 0 Å². The molecule has 0 aliphatic carbocycles. The van der Waals surface area contributed by atoms with Gasteiger partial charge in [0.25, 0.3) is 0 Å². The third-order valence-electron chi connectivity index (χ3n) is 3.68. The summed E-state index contributed by atoms with van der Waals surface area (Å²) >= 11 is 0. The highest BCUT2D eigenvalue weighted by Crippen LogP contribution is 2.14. The number of ether oxygens (including phenoxy) is 2. The second-order valence-electron chi connectivity index (χ2n) is 5.96. The van der Waals surface area contributed by atoms with Gasteiger partial charge >= 0.3 is 5.97 Å². The van der Waals surface area contributed by atoms with Crippen molar-refractivity contribution in [2.45, 2.75) is 25.6 Å². The van der Waals surface area contributed by atoms with Gasteiger partial charge in [-0.25, -0.2) is 4.79 Å². The van der Waals surface area contributed by atoms with Crippen molar-refractivity contribution in [2.24, 2.45) is 5.16 Å². The van der Waals surface area contributed by atoms with E-state index in [9.17, 15) is 9.59 Å². The van der Waals surface area contributed by atoms with Crippen LogP contribution in [0.4, 0.5) is 0 Å². The fraction of sp³-hybridized carbons (Fsp3) is 0.529.